The Morgan fingerprint density at radius 3 is 3.00 bits per heavy atom. The number of fused-ring (bicyclic) bond motifs is 1. The van der Waals surface area contributed by atoms with Crippen molar-refractivity contribution in [3.63, 3.8) is 0 Å². The summed E-state index contributed by atoms with van der Waals surface area (Å²) in [6.45, 7) is 0. The molecule has 0 atom stereocenters. The van der Waals surface area contributed by atoms with Crippen LogP contribution in [-0.2, 0) is 12.8 Å². The Morgan fingerprint density at radius 2 is 2.12 bits per heavy atom. The summed E-state index contributed by atoms with van der Waals surface area (Å²) in [6.07, 6.45) is 4.81. The third-order valence-corrected chi connectivity index (χ3v) is 3.52. The smallest absolute Gasteiger partial charge is 0.225 e. The maximum atomic E-state index is 5.85. The Morgan fingerprint density at radius 1 is 1.18 bits per heavy atom. The van der Waals surface area contributed by atoms with E-state index in [0.29, 0.717) is 0 Å². The number of benzene rings is 1. The number of rotatable bonds is 2. The lowest BCUT2D eigenvalue weighted by atomic mass is 10.2. The number of aryl methyl sites for hydroxylation is 1. The number of aromatic nitrogens is 2. The Hall–Kier alpha value is -1.17. The largest absolute Gasteiger partial charge is 0.439 e. The lowest BCUT2D eigenvalue weighted by molar-refractivity contribution is 0.455. The van der Waals surface area contributed by atoms with Gasteiger partial charge in [0.15, 0.2) is 0 Å². The van der Waals surface area contributed by atoms with Crippen LogP contribution >= 0.6 is 22.6 Å². The molecule has 4 heteroatoms. The van der Waals surface area contributed by atoms with E-state index in [0.717, 1.165) is 40.2 Å². The van der Waals surface area contributed by atoms with Crippen LogP contribution in [0.1, 0.15) is 17.7 Å². The molecule has 1 aromatic heterocycles. The minimum atomic E-state index is 0.717. The van der Waals surface area contributed by atoms with E-state index in [2.05, 4.69) is 32.6 Å². The quantitative estimate of drug-likeness (QED) is 0.788. The van der Waals surface area contributed by atoms with Crippen LogP contribution in [0.4, 0.5) is 0 Å². The molecular weight excluding hydrogens is 327 g/mol. The van der Waals surface area contributed by atoms with Gasteiger partial charge in [0, 0.05) is 9.13 Å². The van der Waals surface area contributed by atoms with Gasteiger partial charge in [0.05, 0.1) is 5.69 Å². The van der Waals surface area contributed by atoms with E-state index in [9.17, 15) is 0 Å². The predicted molar refractivity (Wildman–Crippen MR) is 73.3 cm³/mol. The van der Waals surface area contributed by atoms with Gasteiger partial charge in [-0.15, -0.1) is 0 Å². The molecule has 0 unspecified atom stereocenters. The van der Waals surface area contributed by atoms with Crippen LogP contribution in [0.3, 0.4) is 0 Å². The summed E-state index contributed by atoms with van der Waals surface area (Å²) in [5.41, 5.74) is 2.31. The molecule has 0 N–H and O–H groups in total. The normalized spacial score (nSPS) is 13.5. The lowest BCUT2D eigenvalue weighted by Crippen LogP contribution is -1.96. The molecule has 0 bridgehead atoms. The molecule has 1 aliphatic carbocycles. The van der Waals surface area contributed by atoms with Crippen molar-refractivity contribution in [3.05, 3.63) is 45.4 Å². The Balaban J connectivity index is 1.93. The number of hydrogen-bond donors (Lipinski definition) is 0. The van der Waals surface area contributed by atoms with Crippen LogP contribution in [0.5, 0.6) is 11.6 Å². The van der Waals surface area contributed by atoms with Gasteiger partial charge in [-0.2, -0.15) is 0 Å². The lowest BCUT2D eigenvalue weighted by Gasteiger charge is -2.08. The molecule has 0 saturated carbocycles. The van der Waals surface area contributed by atoms with Crippen LogP contribution in [-0.4, -0.2) is 9.97 Å². The van der Waals surface area contributed by atoms with E-state index in [1.54, 1.807) is 6.33 Å². The third kappa shape index (κ3) is 2.26. The fraction of sp³-hybridized carbons (Fsp3) is 0.231. The Bertz CT molecular complexity index is 557. The summed E-state index contributed by atoms with van der Waals surface area (Å²) in [6, 6.07) is 7.98. The first-order valence-corrected chi connectivity index (χ1v) is 6.67. The van der Waals surface area contributed by atoms with E-state index in [1.807, 2.05) is 24.3 Å². The van der Waals surface area contributed by atoms with Crippen molar-refractivity contribution < 1.29 is 4.74 Å². The first-order valence-electron chi connectivity index (χ1n) is 5.59. The maximum Gasteiger partial charge on any atom is 0.225 e. The van der Waals surface area contributed by atoms with Crippen LogP contribution in [0.15, 0.2) is 30.6 Å². The van der Waals surface area contributed by atoms with Crippen LogP contribution in [0.2, 0.25) is 0 Å². The highest BCUT2D eigenvalue weighted by molar-refractivity contribution is 14.1. The molecule has 0 spiro atoms. The van der Waals surface area contributed by atoms with E-state index in [1.165, 1.54) is 5.56 Å². The molecule has 1 aliphatic rings. The van der Waals surface area contributed by atoms with Crippen LogP contribution in [0, 0.1) is 3.57 Å². The topological polar surface area (TPSA) is 35.0 Å². The molecule has 3 rings (SSSR count). The van der Waals surface area contributed by atoms with Crippen molar-refractivity contribution in [2.45, 2.75) is 19.3 Å². The van der Waals surface area contributed by atoms with Crippen LogP contribution < -0.4 is 4.74 Å². The zero-order valence-electron chi connectivity index (χ0n) is 9.19. The molecule has 17 heavy (non-hydrogen) atoms. The number of nitrogens with zero attached hydrogens (tertiary/aromatic N) is 2. The average molecular weight is 338 g/mol. The first-order chi connectivity index (χ1) is 8.33. The van der Waals surface area contributed by atoms with Crippen molar-refractivity contribution in [1.29, 1.82) is 0 Å². The predicted octanol–water partition coefficient (Wildman–Crippen LogP) is 3.36. The fourth-order valence-electron chi connectivity index (χ4n) is 2.06. The van der Waals surface area contributed by atoms with Gasteiger partial charge in [0.2, 0.25) is 5.88 Å². The Kier molecular flexibility index (Phi) is 2.96. The number of ether oxygens (including phenoxy) is 1. The van der Waals surface area contributed by atoms with Gasteiger partial charge in [0.25, 0.3) is 0 Å². The second-order valence-electron chi connectivity index (χ2n) is 4.02. The van der Waals surface area contributed by atoms with Gasteiger partial charge in [-0.25, -0.2) is 9.97 Å². The number of halogens is 1. The molecule has 3 nitrogen and oxygen atoms in total. The maximum absolute atomic E-state index is 5.85. The van der Waals surface area contributed by atoms with Gasteiger partial charge >= 0.3 is 0 Å². The second kappa shape index (κ2) is 4.60. The molecule has 0 radical (unpaired) electrons. The average Bonchev–Trinajstić information content (AvgIpc) is 2.78. The zero-order valence-corrected chi connectivity index (χ0v) is 11.3. The summed E-state index contributed by atoms with van der Waals surface area (Å²) in [5, 5.41) is 0. The monoisotopic (exact) mass is 338 g/mol. The highest BCUT2D eigenvalue weighted by Gasteiger charge is 2.18. The summed E-state index contributed by atoms with van der Waals surface area (Å²) >= 11 is 2.27. The molecule has 86 valence electrons. The van der Waals surface area contributed by atoms with E-state index < -0.39 is 0 Å². The molecule has 0 fully saturated rings. The van der Waals surface area contributed by atoms with Crippen LogP contribution in [0.25, 0.3) is 0 Å². The summed E-state index contributed by atoms with van der Waals surface area (Å²) in [5.74, 6) is 1.55. The Labute approximate surface area is 113 Å². The summed E-state index contributed by atoms with van der Waals surface area (Å²) in [7, 11) is 0. The van der Waals surface area contributed by atoms with Crippen molar-refractivity contribution >= 4 is 22.6 Å². The zero-order chi connectivity index (χ0) is 11.7. The van der Waals surface area contributed by atoms with Gasteiger partial charge < -0.3 is 4.74 Å². The van der Waals surface area contributed by atoms with Gasteiger partial charge in [0.1, 0.15) is 12.1 Å². The van der Waals surface area contributed by atoms with Gasteiger partial charge in [-0.05, 0) is 60.1 Å². The highest BCUT2D eigenvalue weighted by Crippen LogP contribution is 2.30. The molecular formula is C13H11IN2O. The second-order valence-corrected chi connectivity index (χ2v) is 5.26. The number of hydrogen-bond acceptors (Lipinski definition) is 3. The minimum absolute atomic E-state index is 0.717. The first kappa shape index (κ1) is 11.0. The van der Waals surface area contributed by atoms with Crippen molar-refractivity contribution in [3.8, 4) is 11.6 Å². The molecule has 0 aliphatic heterocycles. The molecule has 0 amide bonds. The van der Waals surface area contributed by atoms with Crippen molar-refractivity contribution in [2.24, 2.45) is 0 Å². The molecule has 1 aromatic carbocycles. The third-order valence-electron chi connectivity index (χ3n) is 2.85. The minimum Gasteiger partial charge on any atom is -0.439 e. The van der Waals surface area contributed by atoms with E-state index in [-0.39, 0.29) is 0 Å². The van der Waals surface area contributed by atoms with Gasteiger partial charge in [-0.1, -0.05) is 6.07 Å². The molecule has 0 saturated heterocycles. The SMILES string of the molecule is Ic1cccc(Oc2ncnc3c2CCC3)c1. The summed E-state index contributed by atoms with van der Waals surface area (Å²) in [4.78, 5) is 8.53. The molecule has 1 heterocycles. The summed E-state index contributed by atoms with van der Waals surface area (Å²) < 4.78 is 7.00. The molecule has 2 aromatic rings. The van der Waals surface area contributed by atoms with Gasteiger partial charge in [-0.3, -0.25) is 0 Å². The highest BCUT2D eigenvalue weighted by atomic mass is 127. The van der Waals surface area contributed by atoms with E-state index in [4.69, 9.17) is 4.74 Å². The van der Waals surface area contributed by atoms with E-state index >= 15 is 0 Å². The standard InChI is InChI=1S/C13H11IN2O/c14-9-3-1-4-10(7-9)17-13-11-5-2-6-12(11)15-8-16-13/h1,3-4,7-8H,2,5-6H2. The van der Waals surface area contributed by atoms with Crippen molar-refractivity contribution in [2.75, 3.05) is 0 Å². The van der Waals surface area contributed by atoms with Crippen molar-refractivity contribution in [1.82, 2.24) is 9.97 Å². The fourth-order valence-corrected chi connectivity index (χ4v) is 2.57.